The first-order valence-electron chi connectivity index (χ1n) is 6.68. The van der Waals surface area contributed by atoms with E-state index in [9.17, 15) is 9.18 Å². The predicted molar refractivity (Wildman–Crippen MR) is 79.0 cm³/mol. The Morgan fingerprint density at radius 3 is 2.75 bits per heavy atom. The second-order valence-corrected chi connectivity index (χ2v) is 5.57. The van der Waals surface area contributed by atoms with E-state index in [4.69, 9.17) is 4.74 Å². The number of carbonyl (C=O) groups excluding carboxylic acids is 1. The van der Waals surface area contributed by atoms with Crippen molar-refractivity contribution in [2.24, 2.45) is 0 Å². The maximum atomic E-state index is 13.3. The van der Waals surface area contributed by atoms with Gasteiger partial charge in [-0.1, -0.05) is 24.3 Å². The Morgan fingerprint density at radius 2 is 2.10 bits per heavy atom. The summed E-state index contributed by atoms with van der Waals surface area (Å²) in [4.78, 5) is 11.4. The molecule has 0 atom stereocenters. The molecule has 1 N–H and O–H groups in total. The Labute approximate surface area is 119 Å². The van der Waals surface area contributed by atoms with Gasteiger partial charge in [-0.25, -0.2) is 9.18 Å². The molecule has 110 valence electrons. The first-order chi connectivity index (χ1) is 9.29. The molecule has 0 unspecified atom stereocenters. The number of carbonyl (C=O) groups is 1. The fraction of sp³-hybridized carbons (Fsp3) is 0.438. The highest BCUT2D eigenvalue weighted by Gasteiger charge is 2.15. The van der Waals surface area contributed by atoms with Crippen LogP contribution in [0.15, 0.2) is 24.3 Å². The van der Waals surface area contributed by atoms with E-state index in [1.54, 1.807) is 13.0 Å². The van der Waals surface area contributed by atoms with Gasteiger partial charge in [0.2, 0.25) is 0 Å². The van der Waals surface area contributed by atoms with Gasteiger partial charge in [-0.05, 0) is 51.3 Å². The molecule has 4 heteroatoms. The van der Waals surface area contributed by atoms with Crippen LogP contribution in [0, 0.1) is 12.7 Å². The average Bonchev–Trinajstić information content (AvgIpc) is 2.31. The lowest BCUT2D eigenvalue weighted by Gasteiger charge is -2.19. The average molecular weight is 279 g/mol. The van der Waals surface area contributed by atoms with Crippen LogP contribution >= 0.6 is 0 Å². The van der Waals surface area contributed by atoms with Crippen LogP contribution in [0.4, 0.5) is 9.18 Å². The molecule has 1 amide bonds. The lowest BCUT2D eigenvalue weighted by Crippen LogP contribution is -2.32. The summed E-state index contributed by atoms with van der Waals surface area (Å²) in [5, 5.41) is 2.66. The first kappa shape index (κ1) is 16.2. The van der Waals surface area contributed by atoms with E-state index in [0.717, 1.165) is 5.56 Å². The summed E-state index contributed by atoms with van der Waals surface area (Å²) in [6.07, 6.45) is 4.00. The van der Waals surface area contributed by atoms with E-state index in [0.29, 0.717) is 18.5 Å². The zero-order valence-corrected chi connectivity index (χ0v) is 12.5. The molecule has 20 heavy (non-hydrogen) atoms. The molecular weight excluding hydrogens is 257 g/mol. The Kier molecular flexibility index (Phi) is 5.74. The predicted octanol–water partition coefficient (Wildman–Crippen LogP) is 4.06. The number of alkyl carbamates (subject to hydrolysis) is 1. The molecule has 0 fully saturated rings. The van der Waals surface area contributed by atoms with Gasteiger partial charge in [0.15, 0.2) is 0 Å². The zero-order chi connectivity index (χ0) is 15.2. The van der Waals surface area contributed by atoms with Crippen molar-refractivity contribution >= 4 is 12.2 Å². The van der Waals surface area contributed by atoms with Gasteiger partial charge in [0.25, 0.3) is 0 Å². The van der Waals surface area contributed by atoms with Crippen LogP contribution in [0.3, 0.4) is 0 Å². The summed E-state index contributed by atoms with van der Waals surface area (Å²) >= 11 is 0. The summed E-state index contributed by atoms with van der Waals surface area (Å²) in [5.74, 6) is -0.209. The summed E-state index contributed by atoms with van der Waals surface area (Å²) in [6.45, 7) is 7.69. The molecule has 0 spiro atoms. The minimum absolute atomic E-state index is 0.209. The molecule has 0 aliphatic heterocycles. The largest absolute Gasteiger partial charge is 0.444 e. The monoisotopic (exact) mass is 279 g/mol. The second kappa shape index (κ2) is 7.08. The van der Waals surface area contributed by atoms with E-state index >= 15 is 0 Å². The molecular formula is C16H22FNO2. The number of hydrogen-bond donors (Lipinski definition) is 1. The van der Waals surface area contributed by atoms with Gasteiger partial charge in [-0.15, -0.1) is 0 Å². The topological polar surface area (TPSA) is 38.3 Å². The molecule has 0 saturated heterocycles. The quantitative estimate of drug-likeness (QED) is 0.844. The third-order valence-electron chi connectivity index (χ3n) is 2.59. The molecule has 0 heterocycles. The van der Waals surface area contributed by atoms with Crippen molar-refractivity contribution in [3.63, 3.8) is 0 Å². The van der Waals surface area contributed by atoms with E-state index in [1.807, 2.05) is 39.0 Å². The van der Waals surface area contributed by atoms with E-state index in [-0.39, 0.29) is 5.82 Å². The molecule has 0 aliphatic rings. The van der Waals surface area contributed by atoms with Crippen LogP contribution in [0.25, 0.3) is 6.08 Å². The van der Waals surface area contributed by atoms with Gasteiger partial charge in [0, 0.05) is 6.54 Å². The third-order valence-corrected chi connectivity index (χ3v) is 2.59. The van der Waals surface area contributed by atoms with E-state index in [2.05, 4.69) is 5.32 Å². The molecule has 0 aliphatic carbocycles. The third kappa shape index (κ3) is 5.87. The Balaban J connectivity index is 2.36. The fourth-order valence-corrected chi connectivity index (χ4v) is 1.59. The maximum absolute atomic E-state index is 13.3. The number of nitrogens with one attached hydrogen (secondary N) is 1. The van der Waals surface area contributed by atoms with Crippen LogP contribution in [0.5, 0.6) is 0 Å². The van der Waals surface area contributed by atoms with Crippen molar-refractivity contribution < 1.29 is 13.9 Å². The molecule has 0 aromatic heterocycles. The first-order valence-corrected chi connectivity index (χ1v) is 6.68. The Morgan fingerprint density at radius 1 is 1.40 bits per heavy atom. The maximum Gasteiger partial charge on any atom is 0.407 e. The molecule has 0 saturated carbocycles. The smallest absolute Gasteiger partial charge is 0.407 e. The second-order valence-electron chi connectivity index (χ2n) is 5.57. The van der Waals surface area contributed by atoms with Crippen LogP contribution in [-0.2, 0) is 4.74 Å². The highest BCUT2D eigenvalue weighted by atomic mass is 19.1. The highest BCUT2D eigenvalue weighted by Crippen LogP contribution is 2.13. The van der Waals surface area contributed by atoms with Gasteiger partial charge in [0.1, 0.15) is 11.4 Å². The SMILES string of the molecule is Cc1c(F)cccc1C=CCCNC(=O)OC(C)(C)C. The van der Waals surface area contributed by atoms with Gasteiger partial charge < -0.3 is 10.1 Å². The Hall–Kier alpha value is -1.84. The summed E-state index contributed by atoms with van der Waals surface area (Å²) in [5.41, 5.74) is 0.990. The van der Waals surface area contributed by atoms with Gasteiger partial charge in [-0.2, -0.15) is 0 Å². The Bertz CT molecular complexity index is 490. The van der Waals surface area contributed by atoms with Crippen molar-refractivity contribution in [2.45, 2.75) is 39.7 Å². The molecule has 0 radical (unpaired) electrons. The molecule has 3 nitrogen and oxygen atoms in total. The lowest BCUT2D eigenvalue weighted by molar-refractivity contribution is 0.0529. The van der Waals surface area contributed by atoms with E-state index in [1.165, 1.54) is 6.07 Å². The van der Waals surface area contributed by atoms with Gasteiger partial charge in [-0.3, -0.25) is 0 Å². The van der Waals surface area contributed by atoms with Crippen LogP contribution < -0.4 is 5.32 Å². The van der Waals surface area contributed by atoms with Crippen molar-refractivity contribution in [3.05, 3.63) is 41.2 Å². The lowest BCUT2D eigenvalue weighted by atomic mass is 10.1. The summed E-state index contributed by atoms with van der Waals surface area (Å²) in [7, 11) is 0. The normalized spacial score (nSPS) is 11.7. The van der Waals surface area contributed by atoms with Crippen molar-refractivity contribution in [3.8, 4) is 0 Å². The van der Waals surface area contributed by atoms with Crippen molar-refractivity contribution in [1.29, 1.82) is 0 Å². The fourth-order valence-electron chi connectivity index (χ4n) is 1.59. The summed E-state index contributed by atoms with van der Waals surface area (Å²) in [6, 6.07) is 4.98. The number of halogens is 1. The molecule has 1 aromatic rings. The minimum atomic E-state index is -0.487. The number of hydrogen-bond acceptors (Lipinski definition) is 2. The highest BCUT2D eigenvalue weighted by molar-refractivity contribution is 5.67. The number of amides is 1. The number of ether oxygens (including phenoxy) is 1. The van der Waals surface area contributed by atoms with Crippen LogP contribution in [-0.4, -0.2) is 18.2 Å². The zero-order valence-electron chi connectivity index (χ0n) is 12.5. The number of benzene rings is 1. The molecule has 1 rings (SSSR count). The van der Waals surface area contributed by atoms with Gasteiger partial charge in [0.05, 0.1) is 0 Å². The summed E-state index contributed by atoms with van der Waals surface area (Å²) < 4.78 is 18.4. The van der Waals surface area contributed by atoms with E-state index < -0.39 is 11.7 Å². The van der Waals surface area contributed by atoms with Crippen molar-refractivity contribution in [1.82, 2.24) is 5.32 Å². The standard InChI is InChI=1S/C16H22FNO2/c1-12-13(9-7-10-14(12)17)8-5-6-11-18-15(19)20-16(2,3)4/h5,7-10H,6,11H2,1-4H3,(H,18,19). The van der Waals surface area contributed by atoms with Crippen LogP contribution in [0.1, 0.15) is 38.3 Å². The minimum Gasteiger partial charge on any atom is -0.444 e. The van der Waals surface area contributed by atoms with Crippen molar-refractivity contribution in [2.75, 3.05) is 6.54 Å². The van der Waals surface area contributed by atoms with Gasteiger partial charge >= 0.3 is 6.09 Å². The molecule has 1 aromatic carbocycles. The molecule has 0 bridgehead atoms. The van der Waals surface area contributed by atoms with Crippen LogP contribution in [0.2, 0.25) is 0 Å². The number of rotatable bonds is 4.